The Morgan fingerprint density at radius 3 is 0.817 bits per heavy atom. The summed E-state index contributed by atoms with van der Waals surface area (Å²) in [7, 11) is 0. The van der Waals surface area contributed by atoms with Gasteiger partial charge in [-0.05, 0) is 59.7 Å². The molecule has 16 aromatic carbocycles. The van der Waals surface area contributed by atoms with Gasteiger partial charge in [0.1, 0.15) is 22.2 Å². The third-order valence-electron chi connectivity index (χ3n) is 22.4. The van der Waals surface area contributed by atoms with Crippen LogP contribution in [0.3, 0.4) is 0 Å². The third kappa shape index (κ3) is 11.9. The number of thiophene rings is 1. The van der Waals surface area contributed by atoms with Crippen molar-refractivity contribution in [1.29, 1.82) is 0 Å². The van der Waals surface area contributed by atoms with Gasteiger partial charge in [-0.25, -0.2) is 15.0 Å². The smallest absolute Gasteiger partial charge is 0.238 e. The first-order chi connectivity index (χ1) is 59.5. The van der Waals surface area contributed by atoms with Crippen molar-refractivity contribution in [2.24, 2.45) is 0 Å². The maximum absolute atomic E-state index is 6.55. The molecule has 0 saturated heterocycles. The van der Waals surface area contributed by atoms with Crippen LogP contribution in [0.1, 0.15) is 0 Å². The van der Waals surface area contributed by atoms with E-state index in [1.165, 1.54) is 36.5 Å². The van der Waals surface area contributed by atoms with Gasteiger partial charge in [-0.1, -0.05) is 340 Å². The van der Waals surface area contributed by atoms with Crippen molar-refractivity contribution in [3.8, 4) is 97.3 Å². The Hall–Kier alpha value is -16.2. The summed E-state index contributed by atoms with van der Waals surface area (Å²) in [6.07, 6.45) is 0. The first-order valence-corrected chi connectivity index (χ1v) is 40.6. The van der Waals surface area contributed by atoms with Crippen LogP contribution < -0.4 is 0 Å². The molecule has 9 aromatic heterocycles. The summed E-state index contributed by atoms with van der Waals surface area (Å²) in [5.74, 6) is 5.49. The summed E-state index contributed by atoms with van der Waals surface area (Å²) in [4.78, 5) is 45.2. The molecular weight excluding hydrogens is 1490 g/mol. The Morgan fingerprint density at radius 2 is 0.442 bits per heavy atom. The zero-order valence-corrected chi connectivity index (χ0v) is 64.9. The maximum atomic E-state index is 6.55. The lowest BCUT2D eigenvalue weighted by Gasteiger charge is -2.11. The lowest BCUT2D eigenvalue weighted by atomic mass is 10.0. The van der Waals surface area contributed by atoms with Crippen molar-refractivity contribution >= 4 is 141 Å². The Kier molecular flexibility index (Phi) is 16.7. The number of furan rings is 2. The van der Waals surface area contributed by atoms with Crippen molar-refractivity contribution in [3.05, 3.63) is 388 Å². The maximum Gasteiger partial charge on any atom is 0.238 e. The highest BCUT2D eigenvalue weighted by Gasteiger charge is 2.27. The summed E-state index contributed by atoms with van der Waals surface area (Å²) in [5.41, 5.74) is 17.4. The van der Waals surface area contributed by atoms with Gasteiger partial charge in [0.05, 0.1) is 26.8 Å². The van der Waals surface area contributed by atoms with E-state index >= 15 is 0 Å². The Labute approximate surface area is 689 Å². The molecule has 0 aliphatic heterocycles. The van der Waals surface area contributed by atoms with Gasteiger partial charge in [0.25, 0.3) is 0 Å². The first kappa shape index (κ1) is 69.3. The fourth-order valence-corrected chi connectivity index (χ4v) is 18.1. The highest BCUT2D eigenvalue weighted by atomic mass is 32.1. The minimum absolute atomic E-state index is 0.542. The van der Waals surface area contributed by atoms with Crippen molar-refractivity contribution in [2.45, 2.75) is 0 Å². The molecule has 15 heteroatoms. The van der Waals surface area contributed by atoms with E-state index in [1.807, 2.05) is 212 Å². The Balaban J connectivity index is 0.000000105. The van der Waals surface area contributed by atoms with Crippen LogP contribution in [0.4, 0.5) is 0 Å². The molecule has 25 rings (SSSR count). The highest BCUT2D eigenvalue weighted by Crippen LogP contribution is 2.46. The zero-order valence-electron chi connectivity index (χ0n) is 64.0. The standard InChI is InChI=1S/C39H24N4O.C33H20N4O.C33H20N4S/c1-3-11-25(12-4-1)26-19-21-28(22-20-26)38-40-37(27-13-5-2-6-14-27)41-39(42-38)43-33-17-9-7-15-29(33)31-23-24-32-30-16-8-10-18-34(30)44-36(32)35(31)43;2*1-3-11-21(12-4-1)31-34-32(22-13-5-2-6-14-22)36-33(35-31)37-27-17-9-7-15-23(27)25-19-20-26-24-16-8-10-18-28(24)38-30(26)29(25)37/h1-24H;2*1-20H. The largest absolute Gasteiger partial charge is 0.454 e. The molecular formula is C105H64N12O2S. The SMILES string of the molecule is c1ccc(-c2ccc(-c3nc(-c4ccccc4)nc(-n4c5ccccc5c5ccc6c7ccccc7oc6c54)n3)cc2)cc1.c1ccc(-c2nc(-c3ccccc3)nc(-n3c4ccccc4c4ccc5c6ccccc6oc5c43)n2)cc1.c1ccc(-c2nc(-c3ccccc3)nc(-n3c4ccccc4c4ccc5c6ccccc6sc5c43)n2)cc1. The Bertz CT molecular complexity index is 7850. The van der Waals surface area contributed by atoms with E-state index in [9.17, 15) is 0 Å². The minimum atomic E-state index is 0.542. The molecule has 0 saturated carbocycles. The molecule has 0 aliphatic carbocycles. The molecule has 0 spiro atoms. The number of nitrogens with zero attached hydrogens (tertiary/aromatic N) is 12. The fourth-order valence-electron chi connectivity index (χ4n) is 16.9. The molecule has 0 amide bonds. The monoisotopic (exact) mass is 1560 g/mol. The van der Waals surface area contributed by atoms with Gasteiger partial charge in [0.2, 0.25) is 17.8 Å². The van der Waals surface area contributed by atoms with Crippen LogP contribution in [0.2, 0.25) is 0 Å². The topological polar surface area (TPSA) is 157 Å². The molecule has 14 nitrogen and oxygen atoms in total. The molecule has 0 bridgehead atoms. The summed E-state index contributed by atoms with van der Waals surface area (Å²) in [6, 6.07) is 133. The lowest BCUT2D eigenvalue weighted by molar-refractivity contribution is 0.670. The predicted molar refractivity (Wildman–Crippen MR) is 488 cm³/mol. The second-order valence-corrected chi connectivity index (χ2v) is 30.5. The third-order valence-corrected chi connectivity index (χ3v) is 23.6. The first-order valence-electron chi connectivity index (χ1n) is 39.7. The van der Waals surface area contributed by atoms with Crippen molar-refractivity contribution in [1.82, 2.24) is 58.6 Å². The second-order valence-electron chi connectivity index (χ2n) is 29.5. The van der Waals surface area contributed by atoms with Gasteiger partial charge in [-0.2, -0.15) is 29.9 Å². The van der Waals surface area contributed by atoms with Crippen LogP contribution >= 0.6 is 11.3 Å². The van der Waals surface area contributed by atoms with E-state index in [4.69, 9.17) is 53.7 Å². The van der Waals surface area contributed by atoms with Gasteiger partial charge in [0.15, 0.2) is 46.1 Å². The minimum Gasteiger partial charge on any atom is -0.454 e. The van der Waals surface area contributed by atoms with E-state index in [0.29, 0.717) is 52.8 Å². The average Bonchev–Trinajstić information content (AvgIpc) is 1.57. The number of para-hydroxylation sites is 5. The van der Waals surface area contributed by atoms with Gasteiger partial charge >= 0.3 is 0 Å². The van der Waals surface area contributed by atoms with E-state index in [2.05, 4.69) is 202 Å². The van der Waals surface area contributed by atoms with Gasteiger partial charge in [-0.15, -0.1) is 11.3 Å². The van der Waals surface area contributed by atoms with Crippen LogP contribution in [0.15, 0.2) is 397 Å². The van der Waals surface area contributed by atoms with Crippen LogP contribution in [-0.4, -0.2) is 58.6 Å². The predicted octanol–water partition coefficient (Wildman–Crippen LogP) is 26.7. The van der Waals surface area contributed by atoms with Gasteiger partial charge < -0.3 is 8.83 Å². The summed E-state index contributed by atoms with van der Waals surface area (Å²) < 4.78 is 22.0. The van der Waals surface area contributed by atoms with E-state index in [0.717, 1.165) is 137 Å². The number of hydrogen-bond donors (Lipinski definition) is 0. The van der Waals surface area contributed by atoms with Crippen molar-refractivity contribution in [2.75, 3.05) is 0 Å². The number of rotatable bonds is 10. The number of hydrogen-bond acceptors (Lipinski definition) is 12. The van der Waals surface area contributed by atoms with Crippen LogP contribution in [-0.2, 0) is 0 Å². The molecule has 120 heavy (non-hydrogen) atoms. The summed E-state index contributed by atoms with van der Waals surface area (Å²) in [6.45, 7) is 0. The molecule has 0 atom stereocenters. The summed E-state index contributed by atoms with van der Waals surface area (Å²) >= 11 is 1.82. The lowest BCUT2D eigenvalue weighted by Crippen LogP contribution is -2.06. The molecule has 562 valence electrons. The molecule has 25 aromatic rings. The van der Waals surface area contributed by atoms with E-state index in [-0.39, 0.29) is 0 Å². The van der Waals surface area contributed by atoms with Crippen LogP contribution in [0, 0.1) is 0 Å². The summed E-state index contributed by atoms with van der Waals surface area (Å²) in [5, 5.41) is 13.6. The fraction of sp³-hybridized carbons (Fsp3) is 0. The number of fused-ring (bicyclic) bond motifs is 21. The van der Waals surface area contributed by atoms with E-state index < -0.39 is 0 Å². The highest BCUT2D eigenvalue weighted by molar-refractivity contribution is 7.26. The molecule has 0 radical (unpaired) electrons. The number of benzene rings is 16. The second kappa shape index (κ2) is 28.9. The zero-order chi connectivity index (χ0) is 79.1. The normalized spacial score (nSPS) is 11.7. The van der Waals surface area contributed by atoms with Crippen molar-refractivity contribution in [3.63, 3.8) is 0 Å². The Morgan fingerprint density at radius 1 is 0.183 bits per heavy atom. The van der Waals surface area contributed by atoms with Gasteiger partial charge in [-0.3, -0.25) is 13.7 Å². The van der Waals surface area contributed by atoms with Crippen LogP contribution in [0.5, 0.6) is 0 Å². The molecule has 0 N–H and O–H groups in total. The molecule has 0 unspecified atom stereocenters. The molecule has 0 fully saturated rings. The van der Waals surface area contributed by atoms with E-state index in [1.54, 1.807) is 0 Å². The average molecular weight is 1560 g/mol. The molecule has 9 heterocycles. The van der Waals surface area contributed by atoms with Crippen molar-refractivity contribution < 1.29 is 8.83 Å². The van der Waals surface area contributed by atoms with Crippen LogP contribution in [0.25, 0.3) is 227 Å². The quantitative estimate of drug-likeness (QED) is 0.128. The van der Waals surface area contributed by atoms with Gasteiger partial charge in [0, 0.05) is 103 Å². The molecule has 0 aliphatic rings. The number of aromatic nitrogens is 12.